The monoisotopic (exact) mass is 309 g/mol. The van der Waals surface area contributed by atoms with E-state index in [-0.39, 0.29) is 24.1 Å². The second kappa shape index (κ2) is 6.69. The van der Waals surface area contributed by atoms with Crippen molar-refractivity contribution in [1.82, 2.24) is 14.5 Å². The fourth-order valence-electron chi connectivity index (χ4n) is 2.32. The van der Waals surface area contributed by atoms with Gasteiger partial charge in [-0.2, -0.15) is 0 Å². The Morgan fingerprint density at radius 2 is 2.14 bits per heavy atom. The van der Waals surface area contributed by atoms with Gasteiger partial charge in [-0.3, -0.25) is 23.5 Å². The van der Waals surface area contributed by atoms with Gasteiger partial charge < -0.3 is 10.1 Å². The zero-order chi connectivity index (χ0) is 16.3. The molecule has 1 atom stereocenters. The van der Waals surface area contributed by atoms with E-state index in [1.807, 2.05) is 0 Å². The second-order valence-corrected chi connectivity index (χ2v) is 5.31. The van der Waals surface area contributed by atoms with Crippen LogP contribution in [0.3, 0.4) is 0 Å². The van der Waals surface area contributed by atoms with Crippen molar-refractivity contribution in [2.45, 2.75) is 32.4 Å². The molecule has 1 aliphatic heterocycles. The molecular weight excluding hydrogens is 290 g/mol. The predicted molar refractivity (Wildman–Crippen MR) is 77.9 cm³/mol. The normalized spacial score (nSPS) is 17.5. The maximum absolute atomic E-state index is 12.0. The summed E-state index contributed by atoms with van der Waals surface area (Å²) in [6, 6.07) is 0. The molecule has 0 saturated carbocycles. The number of hydrogen-bond acceptors (Lipinski definition) is 5. The molecule has 0 aromatic carbocycles. The number of hydrogen-bond donors (Lipinski definition) is 1. The first-order chi connectivity index (χ1) is 10.4. The van der Waals surface area contributed by atoms with E-state index >= 15 is 0 Å². The number of aromatic nitrogens is 2. The second-order valence-electron chi connectivity index (χ2n) is 5.31. The quantitative estimate of drug-likeness (QED) is 0.707. The topological polar surface area (TPSA) is 99.4 Å². The molecule has 0 radical (unpaired) electrons. The van der Waals surface area contributed by atoms with Gasteiger partial charge in [0.05, 0.1) is 11.7 Å². The van der Waals surface area contributed by atoms with Crippen molar-refractivity contribution in [2.24, 2.45) is 7.05 Å². The van der Waals surface area contributed by atoms with Crippen LogP contribution in [0.25, 0.3) is 0 Å². The van der Waals surface area contributed by atoms with Crippen LogP contribution in [0.1, 0.15) is 30.1 Å². The van der Waals surface area contributed by atoms with E-state index in [0.717, 1.165) is 28.2 Å². The van der Waals surface area contributed by atoms with Crippen molar-refractivity contribution in [1.29, 1.82) is 0 Å². The minimum Gasteiger partial charge on any atom is -0.376 e. The number of nitrogens with one attached hydrogen (secondary N) is 1. The Morgan fingerprint density at radius 1 is 1.41 bits per heavy atom. The van der Waals surface area contributed by atoms with Crippen LogP contribution in [-0.4, -0.2) is 40.1 Å². The molecule has 1 aromatic heterocycles. The highest BCUT2D eigenvalue weighted by Crippen LogP contribution is 2.10. The minimum absolute atomic E-state index is 0.00795. The fourth-order valence-corrected chi connectivity index (χ4v) is 2.32. The zero-order valence-corrected chi connectivity index (χ0v) is 12.6. The maximum atomic E-state index is 12.0. The van der Waals surface area contributed by atoms with Crippen molar-refractivity contribution >= 4 is 11.7 Å². The third kappa shape index (κ3) is 3.51. The van der Waals surface area contributed by atoms with Crippen molar-refractivity contribution < 1.29 is 14.3 Å². The number of nitrogens with zero attached hydrogens (tertiary/aromatic N) is 2. The molecule has 1 aliphatic rings. The van der Waals surface area contributed by atoms with E-state index in [0.29, 0.717) is 13.2 Å². The van der Waals surface area contributed by atoms with Crippen LogP contribution in [0, 0.1) is 0 Å². The Hall–Kier alpha value is -2.22. The van der Waals surface area contributed by atoms with E-state index < -0.39 is 17.0 Å². The highest BCUT2D eigenvalue weighted by Gasteiger charge is 2.17. The van der Waals surface area contributed by atoms with Crippen molar-refractivity contribution in [2.75, 3.05) is 13.2 Å². The number of ketones is 1. The largest absolute Gasteiger partial charge is 0.376 e. The van der Waals surface area contributed by atoms with Crippen LogP contribution in [0.4, 0.5) is 0 Å². The predicted octanol–water partition coefficient (Wildman–Crippen LogP) is -0.955. The van der Waals surface area contributed by atoms with Gasteiger partial charge in [-0.25, -0.2) is 4.79 Å². The Bertz CT molecular complexity index is 697. The molecule has 1 amide bonds. The first-order valence-corrected chi connectivity index (χ1v) is 7.10. The van der Waals surface area contributed by atoms with Crippen LogP contribution in [0.2, 0.25) is 0 Å². The SMILES string of the molecule is CC(=O)c1cn(CC(=O)NCC2CCCO2)c(=O)n(C)c1=O. The maximum Gasteiger partial charge on any atom is 0.331 e. The highest BCUT2D eigenvalue weighted by molar-refractivity contribution is 5.93. The van der Waals surface area contributed by atoms with E-state index in [9.17, 15) is 19.2 Å². The van der Waals surface area contributed by atoms with Gasteiger partial charge in [0.15, 0.2) is 5.78 Å². The molecule has 8 heteroatoms. The van der Waals surface area contributed by atoms with Gasteiger partial charge in [0, 0.05) is 26.4 Å². The van der Waals surface area contributed by atoms with E-state index in [2.05, 4.69) is 5.32 Å². The smallest absolute Gasteiger partial charge is 0.331 e. The average molecular weight is 309 g/mol. The van der Waals surface area contributed by atoms with Gasteiger partial charge in [-0.1, -0.05) is 0 Å². The molecule has 2 rings (SSSR count). The minimum atomic E-state index is -0.659. The summed E-state index contributed by atoms with van der Waals surface area (Å²) < 4.78 is 7.27. The summed E-state index contributed by atoms with van der Waals surface area (Å²) in [5, 5.41) is 2.69. The average Bonchev–Trinajstić information content (AvgIpc) is 2.98. The highest BCUT2D eigenvalue weighted by atomic mass is 16.5. The van der Waals surface area contributed by atoms with Crippen LogP contribution in [-0.2, 0) is 23.1 Å². The molecule has 1 saturated heterocycles. The molecule has 0 bridgehead atoms. The molecular formula is C14H19N3O5. The zero-order valence-electron chi connectivity index (χ0n) is 12.6. The fraction of sp³-hybridized carbons (Fsp3) is 0.571. The van der Waals surface area contributed by atoms with Crippen molar-refractivity contribution in [3.05, 3.63) is 32.6 Å². The van der Waals surface area contributed by atoms with Gasteiger partial charge in [0.1, 0.15) is 6.54 Å². The number of carbonyl (C=O) groups is 2. The molecule has 1 aromatic rings. The number of rotatable bonds is 5. The summed E-state index contributed by atoms with van der Waals surface area (Å²) in [5.41, 5.74) is -1.41. The molecule has 120 valence electrons. The number of Topliss-reactive ketones (excluding diaryl/α,β-unsaturated/α-hetero) is 1. The Morgan fingerprint density at radius 3 is 2.73 bits per heavy atom. The molecule has 22 heavy (non-hydrogen) atoms. The number of carbonyl (C=O) groups excluding carboxylic acids is 2. The lowest BCUT2D eigenvalue weighted by atomic mass is 10.2. The Kier molecular flexibility index (Phi) is 4.92. The Balaban J connectivity index is 2.11. The van der Waals surface area contributed by atoms with Crippen LogP contribution >= 0.6 is 0 Å². The summed E-state index contributed by atoms with van der Waals surface area (Å²) in [5.74, 6) is -0.820. The van der Waals surface area contributed by atoms with Crippen molar-refractivity contribution in [3.8, 4) is 0 Å². The molecule has 1 N–H and O–H groups in total. The van der Waals surface area contributed by atoms with Gasteiger partial charge in [-0.15, -0.1) is 0 Å². The Labute approximate surface area is 126 Å². The molecule has 2 heterocycles. The molecule has 8 nitrogen and oxygen atoms in total. The lowest BCUT2D eigenvalue weighted by molar-refractivity contribution is -0.122. The van der Waals surface area contributed by atoms with E-state index in [4.69, 9.17) is 4.74 Å². The first kappa shape index (κ1) is 16.2. The molecule has 0 aliphatic carbocycles. The molecule has 0 spiro atoms. The third-order valence-electron chi connectivity index (χ3n) is 3.60. The lowest BCUT2D eigenvalue weighted by Crippen LogP contribution is -2.43. The summed E-state index contributed by atoms with van der Waals surface area (Å²) in [6.45, 7) is 2.07. The van der Waals surface area contributed by atoms with Gasteiger partial charge in [0.2, 0.25) is 5.91 Å². The number of ether oxygens (including phenoxy) is 1. The standard InChI is InChI=1S/C14H19N3O5/c1-9(18)11-7-17(14(21)16(2)13(11)20)8-12(19)15-6-10-4-3-5-22-10/h7,10H,3-6,8H2,1-2H3,(H,15,19). The molecule has 1 fully saturated rings. The van der Waals surface area contributed by atoms with Gasteiger partial charge in [0.25, 0.3) is 5.56 Å². The molecule has 1 unspecified atom stereocenters. The van der Waals surface area contributed by atoms with Gasteiger partial charge in [-0.05, 0) is 19.8 Å². The van der Waals surface area contributed by atoms with Crippen LogP contribution in [0.15, 0.2) is 15.8 Å². The first-order valence-electron chi connectivity index (χ1n) is 7.10. The van der Waals surface area contributed by atoms with E-state index in [1.54, 1.807) is 0 Å². The third-order valence-corrected chi connectivity index (χ3v) is 3.60. The summed E-state index contributed by atoms with van der Waals surface area (Å²) in [7, 11) is 1.28. The number of amides is 1. The van der Waals surface area contributed by atoms with E-state index in [1.165, 1.54) is 14.0 Å². The van der Waals surface area contributed by atoms with Crippen molar-refractivity contribution in [3.63, 3.8) is 0 Å². The van der Waals surface area contributed by atoms with Crippen LogP contribution < -0.4 is 16.6 Å². The lowest BCUT2D eigenvalue weighted by Gasteiger charge is -2.12. The van der Waals surface area contributed by atoms with Gasteiger partial charge >= 0.3 is 5.69 Å². The summed E-state index contributed by atoms with van der Waals surface area (Å²) >= 11 is 0. The summed E-state index contributed by atoms with van der Waals surface area (Å²) in [6.07, 6.45) is 3.02. The summed E-state index contributed by atoms with van der Waals surface area (Å²) in [4.78, 5) is 47.1. The van der Waals surface area contributed by atoms with Crippen LogP contribution in [0.5, 0.6) is 0 Å².